The van der Waals surface area contributed by atoms with Gasteiger partial charge in [-0.05, 0) is 50.3 Å². The standard InChI is InChI=1S/C20H28N4O2/c1-14(17-8-10-21-11-9-17)12-19(25)22-15(2)20-23-18(24-26-20)13-16-6-4-3-5-7-16/h3-7,14-15,17,21H,8-13H2,1-2H3,(H,22,25). The summed E-state index contributed by atoms with van der Waals surface area (Å²) in [6.07, 6.45) is 3.46. The minimum Gasteiger partial charge on any atom is -0.345 e. The maximum Gasteiger partial charge on any atom is 0.248 e. The van der Waals surface area contributed by atoms with Crippen LogP contribution in [-0.4, -0.2) is 29.1 Å². The van der Waals surface area contributed by atoms with Crippen LogP contribution >= 0.6 is 0 Å². The van der Waals surface area contributed by atoms with Crippen LogP contribution in [0.4, 0.5) is 0 Å². The van der Waals surface area contributed by atoms with Crippen LogP contribution in [0.15, 0.2) is 34.9 Å². The maximum atomic E-state index is 12.4. The maximum absolute atomic E-state index is 12.4. The molecule has 2 heterocycles. The molecule has 1 aromatic carbocycles. The highest BCUT2D eigenvalue weighted by Crippen LogP contribution is 2.24. The van der Waals surface area contributed by atoms with Crippen LogP contribution in [0.5, 0.6) is 0 Å². The normalized spacial score (nSPS) is 17.6. The largest absolute Gasteiger partial charge is 0.345 e. The molecule has 6 nitrogen and oxygen atoms in total. The topological polar surface area (TPSA) is 80.0 Å². The Kier molecular flexibility index (Phi) is 6.39. The van der Waals surface area contributed by atoms with Crippen molar-refractivity contribution in [3.63, 3.8) is 0 Å². The monoisotopic (exact) mass is 356 g/mol. The van der Waals surface area contributed by atoms with Crippen LogP contribution in [-0.2, 0) is 11.2 Å². The molecule has 0 saturated carbocycles. The Labute approximate surface area is 154 Å². The fraction of sp³-hybridized carbons (Fsp3) is 0.550. The van der Waals surface area contributed by atoms with Crippen molar-refractivity contribution in [3.8, 4) is 0 Å². The Bertz CT molecular complexity index is 695. The first-order chi connectivity index (χ1) is 12.6. The first-order valence-corrected chi connectivity index (χ1v) is 9.48. The summed E-state index contributed by atoms with van der Waals surface area (Å²) in [6.45, 7) is 6.16. The second-order valence-electron chi connectivity index (χ2n) is 7.27. The molecule has 1 aliphatic heterocycles. The quantitative estimate of drug-likeness (QED) is 0.797. The van der Waals surface area contributed by atoms with Crippen molar-refractivity contribution in [1.82, 2.24) is 20.8 Å². The number of nitrogens with zero attached hydrogens (tertiary/aromatic N) is 2. The van der Waals surface area contributed by atoms with E-state index in [9.17, 15) is 4.79 Å². The van der Waals surface area contributed by atoms with Gasteiger partial charge < -0.3 is 15.2 Å². The molecule has 2 N–H and O–H groups in total. The first-order valence-electron chi connectivity index (χ1n) is 9.48. The van der Waals surface area contributed by atoms with Crippen LogP contribution < -0.4 is 10.6 Å². The van der Waals surface area contributed by atoms with E-state index in [1.807, 2.05) is 37.3 Å². The molecular weight excluding hydrogens is 328 g/mol. The molecule has 140 valence electrons. The summed E-state index contributed by atoms with van der Waals surface area (Å²) in [4.78, 5) is 16.8. The summed E-state index contributed by atoms with van der Waals surface area (Å²) >= 11 is 0. The molecule has 1 amide bonds. The van der Waals surface area contributed by atoms with Crippen molar-refractivity contribution in [1.29, 1.82) is 0 Å². The highest BCUT2D eigenvalue weighted by atomic mass is 16.5. The predicted molar refractivity (Wildman–Crippen MR) is 99.5 cm³/mol. The van der Waals surface area contributed by atoms with Crippen molar-refractivity contribution >= 4 is 5.91 Å². The average Bonchev–Trinajstić information content (AvgIpc) is 3.12. The molecule has 0 spiro atoms. The molecule has 0 radical (unpaired) electrons. The number of nitrogens with one attached hydrogen (secondary N) is 2. The number of hydrogen-bond donors (Lipinski definition) is 2. The predicted octanol–water partition coefficient (Wildman–Crippen LogP) is 2.86. The van der Waals surface area contributed by atoms with E-state index in [-0.39, 0.29) is 11.9 Å². The van der Waals surface area contributed by atoms with Gasteiger partial charge in [-0.1, -0.05) is 42.4 Å². The summed E-state index contributed by atoms with van der Waals surface area (Å²) in [5.41, 5.74) is 1.13. The van der Waals surface area contributed by atoms with Gasteiger partial charge in [-0.15, -0.1) is 0 Å². The van der Waals surface area contributed by atoms with Gasteiger partial charge in [0.15, 0.2) is 5.82 Å². The van der Waals surface area contributed by atoms with E-state index in [2.05, 4.69) is 27.7 Å². The molecule has 2 atom stereocenters. The highest BCUT2D eigenvalue weighted by molar-refractivity contribution is 5.76. The molecule has 0 aliphatic carbocycles. The summed E-state index contributed by atoms with van der Waals surface area (Å²) in [5, 5.41) is 10.4. The summed E-state index contributed by atoms with van der Waals surface area (Å²) in [6, 6.07) is 9.74. The van der Waals surface area contributed by atoms with Gasteiger partial charge in [0.1, 0.15) is 6.04 Å². The summed E-state index contributed by atoms with van der Waals surface area (Å²) < 4.78 is 5.34. The number of hydrogen-bond acceptors (Lipinski definition) is 5. The van der Waals surface area contributed by atoms with Gasteiger partial charge in [0.05, 0.1) is 0 Å². The van der Waals surface area contributed by atoms with Crippen molar-refractivity contribution in [2.45, 2.75) is 45.6 Å². The third-order valence-electron chi connectivity index (χ3n) is 5.13. The van der Waals surface area contributed by atoms with E-state index in [0.717, 1.165) is 31.5 Å². The lowest BCUT2D eigenvalue weighted by atomic mass is 9.84. The molecule has 1 aliphatic rings. The van der Waals surface area contributed by atoms with Gasteiger partial charge in [0.25, 0.3) is 0 Å². The fourth-order valence-electron chi connectivity index (χ4n) is 3.53. The second-order valence-corrected chi connectivity index (χ2v) is 7.27. The molecule has 26 heavy (non-hydrogen) atoms. The van der Waals surface area contributed by atoms with E-state index in [0.29, 0.717) is 36.4 Å². The van der Waals surface area contributed by atoms with Crippen LogP contribution in [0.3, 0.4) is 0 Å². The second kappa shape index (κ2) is 8.94. The van der Waals surface area contributed by atoms with E-state index in [1.165, 1.54) is 0 Å². The van der Waals surface area contributed by atoms with Crippen LogP contribution in [0.25, 0.3) is 0 Å². The zero-order chi connectivity index (χ0) is 18.4. The third-order valence-corrected chi connectivity index (χ3v) is 5.13. The van der Waals surface area contributed by atoms with E-state index in [4.69, 9.17) is 4.52 Å². The lowest BCUT2D eigenvalue weighted by Crippen LogP contribution is -2.34. The number of rotatable bonds is 7. The van der Waals surface area contributed by atoms with Gasteiger partial charge in [-0.2, -0.15) is 4.98 Å². The SMILES string of the molecule is CC(NC(=O)CC(C)C1CCNCC1)c1nc(Cc2ccccc2)no1. The summed E-state index contributed by atoms with van der Waals surface area (Å²) in [7, 11) is 0. The highest BCUT2D eigenvalue weighted by Gasteiger charge is 2.23. The number of carbonyl (C=O) groups is 1. The zero-order valence-corrected chi connectivity index (χ0v) is 15.6. The van der Waals surface area contributed by atoms with Crippen molar-refractivity contribution < 1.29 is 9.32 Å². The van der Waals surface area contributed by atoms with E-state index >= 15 is 0 Å². The van der Waals surface area contributed by atoms with Gasteiger partial charge in [-0.25, -0.2) is 0 Å². The Hall–Kier alpha value is -2.21. The van der Waals surface area contributed by atoms with Crippen molar-refractivity contribution in [2.75, 3.05) is 13.1 Å². The molecule has 6 heteroatoms. The number of carbonyl (C=O) groups excluding carboxylic acids is 1. The van der Waals surface area contributed by atoms with Crippen LogP contribution in [0.1, 0.15) is 56.4 Å². The third kappa shape index (κ3) is 5.14. The number of piperidine rings is 1. The minimum atomic E-state index is -0.278. The van der Waals surface area contributed by atoms with E-state index < -0.39 is 0 Å². The molecule has 3 rings (SSSR count). The average molecular weight is 356 g/mol. The number of aromatic nitrogens is 2. The lowest BCUT2D eigenvalue weighted by molar-refractivity contribution is -0.123. The molecule has 0 bridgehead atoms. The van der Waals surface area contributed by atoms with Crippen LogP contribution in [0.2, 0.25) is 0 Å². The van der Waals surface area contributed by atoms with Gasteiger partial charge in [0, 0.05) is 12.8 Å². The first kappa shape index (κ1) is 18.6. The van der Waals surface area contributed by atoms with Gasteiger partial charge in [0.2, 0.25) is 11.8 Å². The Balaban J connectivity index is 1.49. The molecular formula is C20H28N4O2. The molecule has 1 aromatic heterocycles. The number of amides is 1. The molecule has 1 saturated heterocycles. The number of benzene rings is 1. The molecule has 1 fully saturated rings. The van der Waals surface area contributed by atoms with Crippen molar-refractivity contribution in [2.24, 2.45) is 11.8 Å². The Morgan fingerprint density at radius 2 is 2.00 bits per heavy atom. The van der Waals surface area contributed by atoms with Gasteiger partial charge >= 0.3 is 0 Å². The Morgan fingerprint density at radius 3 is 2.73 bits per heavy atom. The van der Waals surface area contributed by atoms with E-state index in [1.54, 1.807) is 0 Å². The minimum absolute atomic E-state index is 0.0475. The summed E-state index contributed by atoms with van der Waals surface area (Å²) in [5.74, 6) is 2.15. The smallest absolute Gasteiger partial charge is 0.248 e. The lowest BCUT2D eigenvalue weighted by Gasteiger charge is -2.28. The zero-order valence-electron chi connectivity index (χ0n) is 15.6. The van der Waals surface area contributed by atoms with Crippen molar-refractivity contribution in [3.05, 3.63) is 47.6 Å². The molecule has 2 aromatic rings. The molecule has 2 unspecified atom stereocenters. The fourth-order valence-corrected chi connectivity index (χ4v) is 3.53. The van der Waals surface area contributed by atoms with Crippen LogP contribution in [0, 0.1) is 11.8 Å². The van der Waals surface area contributed by atoms with Gasteiger partial charge in [-0.3, -0.25) is 4.79 Å². The Morgan fingerprint density at radius 1 is 1.27 bits per heavy atom.